The molecule has 0 saturated carbocycles. The Balaban J connectivity index is 0.913. The number of amides is 2. The van der Waals surface area contributed by atoms with E-state index >= 15 is 0 Å². The van der Waals surface area contributed by atoms with Crippen LogP contribution < -0.4 is 15.4 Å². The highest BCUT2D eigenvalue weighted by Crippen LogP contribution is 2.40. The number of anilines is 1. The Kier molecular flexibility index (Phi) is 11.5. The fourth-order valence-corrected chi connectivity index (χ4v) is 7.50. The fourth-order valence-electron chi connectivity index (χ4n) is 7.50. The second kappa shape index (κ2) is 17.2. The van der Waals surface area contributed by atoms with Gasteiger partial charge < -0.3 is 44.3 Å². The molecule has 2 amide bonds. The molecule has 0 bridgehead atoms. The molecular formula is C45H47N3O7. The number of piperidine rings is 1. The average molecular weight is 742 g/mol. The summed E-state index contributed by atoms with van der Waals surface area (Å²) in [6.45, 7) is 4.27. The van der Waals surface area contributed by atoms with Crippen molar-refractivity contribution in [1.82, 2.24) is 10.2 Å². The van der Waals surface area contributed by atoms with E-state index in [9.17, 15) is 9.90 Å². The third kappa shape index (κ3) is 9.42. The van der Waals surface area contributed by atoms with Crippen LogP contribution in [-0.4, -0.2) is 60.8 Å². The van der Waals surface area contributed by atoms with Crippen LogP contribution in [0.1, 0.15) is 53.9 Å². The van der Waals surface area contributed by atoms with Crippen molar-refractivity contribution in [2.75, 3.05) is 38.2 Å². The summed E-state index contributed by atoms with van der Waals surface area (Å²) in [6, 6.07) is 41.0. The van der Waals surface area contributed by atoms with E-state index in [4.69, 9.17) is 23.7 Å². The van der Waals surface area contributed by atoms with Crippen LogP contribution in [-0.2, 0) is 32.1 Å². The number of para-hydroxylation sites is 1. The number of likely N-dealkylation sites (tertiary alicyclic amines) is 1. The molecule has 0 unspecified atom stereocenters. The van der Waals surface area contributed by atoms with E-state index in [1.54, 1.807) is 0 Å². The van der Waals surface area contributed by atoms with Gasteiger partial charge in [-0.1, -0.05) is 78.9 Å². The molecule has 10 heteroatoms. The molecule has 5 aromatic rings. The van der Waals surface area contributed by atoms with Gasteiger partial charge >= 0.3 is 6.03 Å². The minimum atomic E-state index is -0.564. The van der Waals surface area contributed by atoms with Crippen LogP contribution in [0.25, 0.3) is 11.1 Å². The van der Waals surface area contributed by atoms with Crippen LogP contribution in [0.4, 0.5) is 10.5 Å². The normalized spacial score (nSPS) is 20.9. The van der Waals surface area contributed by atoms with Gasteiger partial charge in [-0.3, -0.25) is 0 Å². The Morgan fingerprint density at radius 1 is 0.745 bits per heavy atom. The number of benzene rings is 5. The van der Waals surface area contributed by atoms with Crippen molar-refractivity contribution in [1.29, 1.82) is 0 Å². The van der Waals surface area contributed by atoms with E-state index in [0.717, 1.165) is 78.0 Å². The summed E-state index contributed by atoms with van der Waals surface area (Å²) in [4.78, 5) is 15.2. The molecule has 3 atom stereocenters. The number of aliphatic hydroxyl groups is 1. The Morgan fingerprint density at radius 3 is 2.20 bits per heavy atom. The summed E-state index contributed by atoms with van der Waals surface area (Å²) in [6.07, 6.45) is 1.65. The summed E-state index contributed by atoms with van der Waals surface area (Å²) >= 11 is 0. The van der Waals surface area contributed by atoms with Crippen molar-refractivity contribution in [3.8, 4) is 22.6 Å². The van der Waals surface area contributed by atoms with E-state index in [1.165, 1.54) is 0 Å². The maximum atomic E-state index is 12.8. The maximum absolute atomic E-state index is 12.8. The predicted molar refractivity (Wildman–Crippen MR) is 209 cm³/mol. The molecule has 3 fully saturated rings. The molecule has 8 rings (SSSR count). The zero-order valence-electron chi connectivity index (χ0n) is 30.8. The van der Waals surface area contributed by atoms with Gasteiger partial charge in [0.2, 0.25) is 0 Å². The first kappa shape index (κ1) is 36.9. The lowest BCUT2D eigenvalue weighted by Crippen LogP contribution is -2.48. The molecule has 0 aromatic heterocycles. The number of urea groups is 1. The summed E-state index contributed by atoms with van der Waals surface area (Å²) in [5.74, 6) is 1.02. The highest BCUT2D eigenvalue weighted by Gasteiger charge is 2.41. The molecule has 0 aliphatic carbocycles. The maximum Gasteiger partial charge on any atom is 0.319 e. The molecule has 3 aliphatic heterocycles. The van der Waals surface area contributed by atoms with Crippen molar-refractivity contribution in [2.45, 2.75) is 56.7 Å². The van der Waals surface area contributed by atoms with Crippen LogP contribution in [0.2, 0.25) is 0 Å². The van der Waals surface area contributed by atoms with Crippen molar-refractivity contribution in [2.24, 2.45) is 0 Å². The zero-order valence-corrected chi connectivity index (χ0v) is 30.8. The van der Waals surface area contributed by atoms with Gasteiger partial charge in [0, 0.05) is 56.7 Å². The van der Waals surface area contributed by atoms with Crippen LogP contribution in [0.15, 0.2) is 127 Å². The summed E-state index contributed by atoms with van der Waals surface area (Å²) < 4.78 is 31.2. The summed E-state index contributed by atoms with van der Waals surface area (Å²) in [5, 5.41) is 15.5. The molecule has 5 aromatic carbocycles. The fraction of sp³-hybridized carbons (Fsp3) is 0.311. The number of nitrogens with one attached hydrogen (secondary N) is 2. The zero-order chi connectivity index (χ0) is 37.5. The lowest BCUT2D eigenvalue weighted by Gasteiger charge is -2.41. The van der Waals surface area contributed by atoms with Gasteiger partial charge in [-0.05, 0) is 76.3 Å². The van der Waals surface area contributed by atoms with Crippen molar-refractivity contribution in [3.05, 3.63) is 150 Å². The Morgan fingerprint density at radius 2 is 1.45 bits per heavy atom. The Bertz CT molecular complexity index is 2010. The van der Waals surface area contributed by atoms with E-state index in [-0.39, 0.29) is 24.8 Å². The van der Waals surface area contributed by atoms with E-state index in [2.05, 4.69) is 45.9 Å². The number of carbonyl (C=O) groups is 1. The molecule has 10 nitrogen and oxygen atoms in total. The first-order valence-electron chi connectivity index (χ1n) is 19.1. The Labute approximate surface area is 321 Å². The number of nitrogens with zero attached hydrogens (tertiary/aromatic N) is 1. The van der Waals surface area contributed by atoms with Gasteiger partial charge in [0.25, 0.3) is 0 Å². The van der Waals surface area contributed by atoms with Crippen molar-refractivity contribution in [3.63, 3.8) is 0 Å². The minimum absolute atomic E-state index is 0.00177. The SMILES string of the molecule is O=C(NCc1cccc(-c2cccc([C@@H]3O[C@H](CN4CCC5(CC4)OCCO5)C[C@H](c4ccc(CO)cc4)O3)c2)c1)Nc1ccc(Oc2ccccc2)cc1. The Hall–Kier alpha value is -5.07. The molecule has 0 radical (unpaired) electrons. The minimum Gasteiger partial charge on any atom is -0.457 e. The first-order chi connectivity index (χ1) is 27.0. The predicted octanol–water partition coefficient (Wildman–Crippen LogP) is 8.34. The largest absolute Gasteiger partial charge is 0.457 e. The first-order valence-corrected chi connectivity index (χ1v) is 19.1. The van der Waals surface area contributed by atoms with Crippen LogP contribution in [0, 0.1) is 0 Å². The summed E-state index contributed by atoms with van der Waals surface area (Å²) in [5.41, 5.74) is 6.56. The number of carbonyl (C=O) groups excluding carboxylic acids is 1. The quantitative estimate of drug-likeness (QED) is 0.124. The van der Waals surface area contributed by atoms with Gasteiger partial charge in [-0.25, -0.2) is 4.79 Å². The third-order valence-corrected chi connectivity index (χ3v) is 10.5. The molecule has 3 heterocycles. The van der Waals surface area contributed by atoms with Gasteiger partial charge in [0.1, 0.15) is 11.5 Å². The lowest BCUT2D eigenvalue weighted by atomic mass is 9.97. The lowest BCUT2D eigenvalue weighted by molar-refractivity contribution is -0.255. The second-order valence-electron chi connectivity index (χ2n) is 14.3. The number of aliphatic hydroxyl groups excluding tert-OH is 1. The van der Waals surface area contributed by atoms with Gasteiger partial charge in [-0.2, -0.15) is 0 Å². The van der Waals surface area contributed by atoms with Crippen molar-refractivity contribution < 1.29 is 33.6 Å². The topological polar surface area (TPSA) is 111 Å². The van der Waals surface area contributed by atoms with E-state index in [0.29, 0.717) is 31.2 Å². The number of rotatable bonds is 11. The van der Waals surface area contributed by atoms with Gasteiger partial charge in [-0.15, -0.1) is 0 Å². The van der Waals surface area contributed by atoms with Crippen LogP contribution >= 0.6 is 0 Å². The molecule has 3 saturated heterocycles. The van der Waals surface area contributed by atoms with Gasteiger partial charge in [0.05, 0.1) is 32.0 Å². The second-order valence-corrected chi connectivity index (χ2v) is 14.3. The number of ether oxygens (including phenoxy) is 5. The number of hydrogen-bond donors (Lipinski definition) is 3. The molecule has 284 valence electrons. The molecule has 3 N–H and O–H groups in total. The smallest absolute Gasteiger partial charge is 0.319 e. The molecule has 3 aliphatic rings. The molecular weight excluding hydrogens is 695 g/mol. The highest BCUT2D eigenvalue weighted by molar-refractivity contribution is 5.89. The molecule has 55 heavy (non-hydrogen) atoms. The van der Waals surface area contributed by atoms with Crippen LogP contribution in [0.5, 0.6) is 11.5 Å². The van der Waals surface area contributed by atoms with Crippen molar-refractivity contribution >= 4 is 11.7 Å². The third-order valence-electron chi connectivity index (χ3n) is 10.5. The molecule has 1 spiro atoms. The summed E-state index contributed by atoms with van der Waals surface area (Å²) in [7, 11) is 0. The average Bonchev–Trinajstić information content (AvgIpc) is 3.70. The highest BCUT2D eigenvalue weighted by atomic mass is 16.7. The van der Waals surface area contributed by atoms with E-state index in [1.807, 2.05) is 97.1 Å². The van der Waals surface area contributed by atoms with E-state index < -0.39 is 12.1 Å². The monoisotopic (exact) mass is 741 g/mol. The number of hydrogen-bond acceptors (Lipinski definition) is 8. The van der Waals surface area contributed by atoms with Crippen LogP contribution in [0.3, 0.4) is 0 Å². The van der Waals surface area contributed by atoms with Gasteiger partial charge in [0.15, 0.2) is 12.1 Å². The standard InChI is InChI=1S/C45H47N3O7/c49-31-32-12-14-34(15-13-32)42-28-41(30-48-22-20-45(21-23-48)51-24-25-52-45)54-43(55-42)37-9-5-8-36(27-37)35-7-4-6-33(26-35)29-46-44(50)47-38-16-18-40(19-17-38)53-39-10-2-1-3-11-39/h1-19,26-27,41-43,49H,20-25,28-31H2,(H2,46,47,50)/t41-,42+,43+/m0/s1.